The van der Waals surface area contributed by atoms with Crippen LogP contribution in [0.5, 0.6) is 11.5 Å². The Balaban J connectivity index is 1.69. The molecule has 0 fully saturated rings. The first-order valence-electron chi connectivity index (χ1n) is 5.41. The Bertz CT molecular complexity index is 588. The van der Waals surface area contributed by atoms with Crippen molar-refractivity contribution in [3.8, 4) is 11.5 Å². The fraction of sp³-hybridized carbons (Fsp3) is 0.0769. The normalized spacial score (nSPS) is 13.8. The van der Waals surface area contributed by atoms with Crippen LogP contribution in [0.2, 0.25) is 0 Å². The number of ether oxygens (including phenoxy) is 2. The molecule has 0 saturated heterocycles. The minimum Gasteiger partial charge on any atom is -0.463 e. The molecule has 0 unspecified atom stereocenters. The molecule has 5 heteroatoms. The van der Waals surface area contributed by atoms with Crippen LogP contribution < -0.4 is 9.47 Å². The molecule has 1 aliphatic rings. The predicted molar refractivity (Wildman–Crippen MR) is 66.5 cm³/mol. The maximum Gasteiger partial charge on any atom is 0.231 e. The van der Waals surface area contributed by atoms with E-state index in [9.17, 15) is 0 Å². The van der Waals surface area contributed by atoms with E-state index in [1.807, 2.05) is 18.2 Å². The topological polar surface area (TPSA) is 56.3 Å². The van der Waals surface area contributed by atoms with Crippen molar-refractivity contribution in [1.29, 1.82) is 0 Å². The second kappa shape index (κ2) is 4.75. The van der Waals surface area contributed by atoms with Gasteiger partial charge in [0.2, 0.25) is 6.79 Å². The fourth-order valence-corrected chi connectivity index (χ4v) is 1.55. The largest absolute Gasteiger partial charge is 0.463 e. The first kappa shape index (κ1) is 10.6. The summed E-state index contributed by atoms with van der Waals surface area (Å²) < 4.78 is 15.6. The Morgan fingerprint density at radius 3 is 2.78 bits per heavy atom. The molecule has 1 aromatic heterocycles. The molecule has 0 spiro atoms. The van der Waals surface area contributed by atoms with Crippen LogP contribution in [-0.2, 0) is 0 Å². The van der Waals surface area contributed by atoms with Gasteiger partial charge in [-0.2, -0.15) is 10.2 Å². The van der Waals surface area contributed by atoms with Gasteiger partial charge in [0.1, 0.15) is 5.76 Å². The molecule has 90 valence electrons. The lowest BCUT2D eigenvalue weighted by Crippen LogP contribution is -1.92. The first-order chi connectivity index (χ1) is 8.92. The lowest BCUT2D eigenvalue weighted by atomic mass is 10.2. The Morgan fingerprint density at radius 2 is 1.89 bits per heavy atom. The zero-order valence-corrected chi connectivity index (χ0v) is 9.45. The monoisotopic (exact) mass is 242 g/mol. The molecule has 1 aromatic carbocycles. The van der Waals surface area contributed by atoms with E-state index in [2.05, 4.69) is 10.2 Å². The van der Waals surface area contributed by atoms with Gasteiger partial charge in [-0.15, -0.1) is 0 Å². The summed E-state index contributed by atoms with van der Waals surface area (Å²) in [5.74, 6) is 2.15. The van der Waals surface area contributed by atoms with Crippen molar-refractivity contribution in [3.05, 3.63) is 47.9 Å². The van der Waals surface area contributed by atoms with Gasteiger partial charge in [0.15, 0.2) is 11.5 Å². The van der Waals surface area contributed by atoms with Crippen molar-refractivity contribution in [2.75, 3.05) is 6.79 Å². The average molecular weight is 242 g/mol. The Hall–Kier alpha value is -2.56. The highest BCUT2D eigenvalue weighted by Crippen LogP contribution is 2.31. The summed E-state index contributed by atoms with van der Waals surface area (Å²) in [6, 6.07) is 9.19. The van der Waals surface area contributed by atoms with E-state index in [0.29, 0.717) is 5.76 Å². The summed E-state index contributed by atoms with van der Waals surface area (Å²) in [7, 11) is 0. The van der Waals surface area contributed by atoms with Crippen LogP contribution >= 0.6 is 0 Å². The Labute approximate surface area is 103 Å². The van der Waals surface area contributed by atoms with Crippen LogP contribution in [0.25, 0.3) is 0 Å². The summed E-state index contributed by atoms with van der Waals surface area (Å²) in [4.78, 5) is 0. The molecule has 0 saturated carbocycles. The van der Waals surface area contributed by atoms with Crippen molar-refractivity contribution >= 4 is 12.4 Å². The van der Waals surface area contributed by atoms with Crippen LogP contribution in [0.15, 0.2) is 51.2 Å². The number of hydrogen-bond donors (Lipinski definition) is 0. The van der Waals surface area contributed by atoms with Gasteiger partial charge in [-0.25, -0.2) is 0 Å². The summed E-state index contributed by atoms with van der Waals surface area (Å²) in [6.45, 7) is 0.270. The molecule has 5 nitrogen and oxygen atoms in total. The standard InChI is InChI=1S/C13H10N2O3/c1-2-11(16-5-1)8-15-14-7-10-3-4-12-13(6-10)18-9-17-12/h1-8H,9H2/b14-7+,15-8-. The fourth-order valence-electron chi connectivity index (χ4n) is 1.55. The van der Waals surface area contributed by atoms with E-state index in [4.69, 9.17) is 13.9 Å². The minimum atomic E-state index is 0.270. The average Bonchev–Trinajstić information content (AvgIpc) is 3.05. The van der Waals surface area contributed by atoms with Crippen molar-refractivity contribution in [3.63, 3.8) is 0 Å². The van der Waals surface area contributed by atoms with Gasteiger partial charge < -0.3 is 13.9 Å². The summed E-state index contributed by atoms with van der Waals surface area (Å²) in [6.07, 6.45) is 4.77. The third-order valence-electron chi connectivity index (χ3n) is 2.40. The third-order valence-corrected chi connectivity index (χ3v) is 2.40. The second-order valence-electron chi connectivity index (χ2n) is 3.62. The van der Waals surface area contributed by atoms with Gasteiger partial charge in [0.05, 0.1) is 18.7 Å². The van der Waals surface area contributed by atoms with E-state index in [1.165, 1.54) is 0 Å². The van der Waals surface area contributed by atoms with Gasteiger partial charge in [-0.3, -0.25) is 0 Å². The molecule has 2 aromatic rings. The van der Waals surface area contributed by atoms with Gasteiger partial charge in [-0.1, -0.05) is 0 Å². The first-order valence-corrected chi connectivity index (χ1v) is 5.41. The maximum atomic E-state index is 5.27. The SMILES string of the molecule is C(=N/N=C/c1ccc2c(c1)OCO2)/c1ccco1. The Kier molecular flexibility index (Phi) is 2.79. The van der Waals surface area contributed by atoms with E-state index in [0.717, 1.165) is 17.1 Å². The molecule has 3 rings (SSSR count). The number of fused-ring (bicyclic) bond motifs is 1. The van der Waals surface area contributed by atoms with Crippen molar-refractivity contribution < 1.29 is 13.9 Å². The van der Waals surface area contributed by atoms with Crippen LogP contribution in [0.1, 0.15) is 11.3 Å². The molecule has 1 aliphatic heterocycles. The van der Waals surface area contributed by atoms with Gasteiger partial charge in [0.25, 0.3) is 0 Å². The molecular formula is C13H10N2O3. The molecule has 2 heterocycles. The molecule has 0 N–H and O–H groups in total. The molecular weight excluding hydrogens is 232 g/mol. The predicted octanol–water partition coefficient (Wildman–Crippen LogP) is 2.46. The van der Waals surface area contributed by atoms with Gasteiger partial charge >= 0.3 is 0 Å². The lowest BCUT2D eigenvalue weighted by molar-refractivity contribution is 0.174. The highest BCUT2D eigenvalue weighted by molar-refractivity contribution is 5.82. The Morgan fingerprint density at radius 1 is 1.00 bits per heavy atom. The molecule has 0 bridgehead atoms. The van der Waals surface area contributed by atoms with E-state index in [1.54, 1.807) is 30.8 Å². The van der Waals surface area contributed by atoms with Crippen LogP contribution in [0.3, 0.4) is 0 Å². The zero-order chi connectivity index (χ0) is 12.2. The number of rotatable bonds is 3. The molecule has 0 atom stereocenters. The third kappa shape index (κ3) is 2.24. The number of furan rings is 1. The smallest absolute Gasteiger partial charge is 0.231 e. The van der Waals surface area contributed by atoms with Crippen LogP contribution in [-0.4, -0.2) is 19.2 Å². The van der Waals surface area contributed by atoms with Crippen LogP contribution in [0.4, 0.5) is 0 Å². The summed E-state index contributed by atoms with van der Waals surface area (Å²) in [5, 5.41) is 7.81. The number of nitrogens with zero attached hydrogens (tertiary/aromatic N) is 2. The van der Waals surface area contributed by atoms with Crippen molar-refractivity contribution in [1.82, 2.24) is 0 Å². The lowest BCUT2D eigenvalue weighted by Gasteiger charge is -1.95. The van der Waals surface area contributed by atoms with Crippen LogP contribution in [0, 0.1) is 0 Å². The van der Waals surface area contributed by atoms with E-state index < -0.39 is 0 Å². The number of benzene rings is 1. The molecule has 0 amide bonds. The van der Waals surface area contributed by atoms with E-state index >= 15 is 0 Å². The second-order valence-corrected chi connectivity index (χ2v) is 3.62. The van der Waals surface area contributed by atoms with Crippen molar-refractivity contribution in [2.45, 2.75) is 0 Å². The maximum absolute atomic E-state index is 5.27. The zero-order valence-electron chi connectivity index (χ0n) is 9.45. The minimum absolute atomic E-state index is 0.270. The number of hydrogen-bond acceptors (Lipinski definition) is 5. The highest BCUT2D eigenvalue weighted by atomic mass is 16.7. The summed E-state index contributed by atoms with van der Waals surface area (Å²) in [5.41, 5.74) is 0.899. The molecule has 0 aliphatic carbocycles. The highest BCUT2D eigenvalue weighted by Gasteiger charge is 2.12. The molecule has 18 heavy (non-hydrogen) atoms. The summed E-state index contributed by atoms with van der Waals surface area (Å²) >= 11 is 0. The quantitative estimate of drug-likeness (QED) is 0.613. The molecule has 0 radical (unpaired) electrons. The van der Waals surface area contributed by atoms with Gasteiger partial charge in [0, 0.05) is 0 Å². The van der Waals surface area contributed by atoms with Crippen molar-refractivity contribution in [2.24, 2.45) is 10.2 Å². The van der Waals surface area contributed by atoms with Gasteiger partial charge in [-0.05, 0) is 35.9 Å². The van der Waals surface area contributed by atoms with E-state index in [-0.39, 0.29) is 6.79 Å².